The molecule has 0 aliphatic heterocycles. The van der Waals surface area contributed by atoms with Crippen LogP contribution in [0.1, 0.15) is 34.4 Å². The normalized spacial score (nSPS) is 12.3. The Morgan fingerprint density at radius 2 is 1.94 bits per heavy atom. The third-order valence-electron chi connectivity index (χ3n) is 5.42. The van der Waals surface area contributed by atoms with E-state index in [2.05, 4.69) is 22.0 Å². The number of hydrogen-bond acceptors (Lipinski definition) is 9. The zero-order valence-electron chi connectivity index (χ0n) is 20.0. The third kappa shape index (κ3) is 6.63. The molecule has 184 valence electrons. The molecule has 0 spiro atoms. The van der Waals surface area contributed by atoms with E-state index in [1.165, 1.54) is 4.88 Å². The van der Waals surface area contributed by atoms with Gasteiger partial charge in [0.25, 0.3) is 5.89 Å². The summed E-state index contributed by atoms with van der Waals surface area (Å²) in [5.74, 6) is 1.18. The number of likely N-dealkylation sites (N-methyl/N-ethyl adjacent to an activating group) is 1. The smallest absolute Gasteiger partial charge is 0.268 e. The molecular weight excluding hydrogens is 456 g/mol. The number of amides is 1. The number of aliphatic hydroxyl groups is 2. The number of aliphatic hydroxyl groups excluding tert-OH is 2. The minimum atomic E-state index is -0.770. The molecule has 0 radical (unpaired) electrons. The largest absolute Gasteiger partial charge is 0.490 e. The summed E-state index contributed by atoms with van der Waals surface area (Å²) in [6, 6.07) is 5.88. The zero-order chi connectivity index (χ0) is 24.8. The van der Waals surface area contributed by atoms with Crippen molar-refractivity contribution in [2.24, 2.45) is 5.73 Å². The molecule has 0 aliphatic carbocycles. The number of nitrogens with two attached hydrogens (primary N) is 1. The number of nitrogens with zero attached hydrogens (tertiary/aromatic N) is 3. The molecule has 2 aromatic heterocycles. The van der Waals surface area contributed by atoms with Crippen LogP contribution in [0.2, 0.25) is 0 Å². The predicted octanol–water partition coefficient (Wildman–Crippen LogP) is 2.82. The second-order valence-electron chi connectivity index (χ2n) is 8.51. The van der Waals surface area contributed by atoms with Crippen molar-refractivity contribution in [1.29, 1.82) is 0 Å². The molecule has 3 rings (SSSR count). The van der Waals surface area contributed by atoms with E-state index in [9.17, 15) is 9.90 Å². The van der Waals surface area contributed by atoms with Crippen molar-refractivity contribution in [3.63, 3.8) is 0 Å². The van der Waals surface area contributed by atoms with Crippen LogP contribution >= 0.6 is 11.3 Å². The van der Waals surface area contributed by atoms with Crippen molar-refractivity contribution in [2.75, 3.05) is 26.8 Å². The first kappa shape index (κ1) is 25.8. The fraction of sp³-hybridized carbons (Fsp3) is 0.458. The Labute approximate surface area is 203 Å². The highest BCUT2D eigenvalue weighted by Crippen LogP contribution is 2.34. The van der Waals surface area contributed by atoms with Crippen LogP contribution in [0.25, 0.3) is 22.2 Å². The lowest BCUT2D eigenvalue weighted by Crippen LogP contribution is -2.21. The lowest BCUT2D eigenvalue weighted by Gasteiger charge is -2.16. The van der Waals surface area contributed by atoms with Gasteiger partial charge in [-0.2, -0.15) is 4.98 Å². The van der Waals surface area contributed by atoms with Crippen molar-refractivity contribution >= 4 is 17.2 Å². The Bertz CT molecular complexity index is 1100. The number of benzene rings is 1. The van der Waals surface area contributed by atoms with Gasteiger partial charge in [0.1, 0.15) is 12.4 Å². The van der Waals surface area contributed by atoms with Crippen molar-refractivity contribution in [3.05, 3.63) is 39.8 Å². The van der Waals surface area contributed by atoms with Gasteiger partial charge in [-0.3, -0.25) is 9.69 Å². The van der Waals surface area contributed by atoms with Gasteiger partial charge in [-0.1, -0.05) is 5.16 Å². The molecule has 1 amide bonds. The van der Waals surface area contributed by atoms with E-state index in [0.717, 1.165) is 33.7 Å². The number of aryl methyl sites for hydroxylation is 3. The summed E-state index contributed by atoms with van der Waals surface area (Å²) < 4.78 is 11.4. The summed E-state index contributed by atoms with van der Waals surface area (Å²) in [4.78, 5) is 19.6. The molecule has 1 atom stereocenters. The molecule has 34 heavy (non-hydrogen) atoms. The minimum absolute atomic E-state index is 0.0776. The number of aromatic nitrogens is 2. The third-order valence-corrected chi connectivity index (χ3v) is 6.63. The zero-order valence-corrected chi connectivity index (χ0v) is 20.8. The molecule has 10 heteroatoms. The van der Waals surface area contributed by atoms with Gasteiger partial charge in [-0.25, -0.2) is 0 Å². The standard InChI is InChI=1S/C24H32N4O5S/c1-14-11-19(34-20(14)12-28(4)7-8-29)24-26-23(27-33-24)17-9-15(2)22(16(3)10-17)32-13-18(30)5-6-21(25)31/h9-11,18,29-30H,5-8,12-13H2,1-4H3,(H2,25,31)/t18-/m0/s1. The predicted molar refractivity (Wildman–Crippen MR) is 131 cm³/mol. The summed E-state index contributed by atoms with van der Waals surface area (Å²) >= 11 is 1.61. The number of carbonyl (C=O) groups is 1. The minimum Gasteiger partial charge on any atom is -0.490 e. The van der Waals surface area contributed by atoms with E-state index < -0.39 is 12.0 Å². The fourth-order valence-electron chi connectivity index (χ4n) is 3.60. The highest BCUT2D eigenvalue weighted by Gasteiger charge is 2.18. The average Bonchev–Trinajstić information content (AvgIpc) is 3.39. The Morgan fingerprint density at radius 1 is 1.24 bits per heavy atom. The molecule has 0 aliphatic rings. The summed E-state index contributed by atoms with van der Waals surface area (Å²) in [6.45, 7) is 7.45. The molecule has 0 saturated carbocycles. The molecule has 0 bridgehead atoms. The molecule has 0 fully saturated rings. The van der Waals surface area contributed by atoms with Gasteiger partial charge >= 0.3 is 0 Å². The maximum absolute atomic E-state index is 10.9. The van der Waals surface area contributed by atoms with Gasteiger partial charge in [0.15, 0.2) is 0 Å². The van der Waals surface area contributed by atoms with Crippen molar-refractivity contribution < 1.29 is 24.3 Å². The van der Waals surface area contributed by atoms with E-state index in [4.69, 9.17) is 20.1 Å². The lowest BCUT2D eigenvalue weighted by atomic mass is 10.1. The van der Waals surface area contributed by atoms with Crippen molar-refractivity contribution in [3.8, 4) is 27.9 Å². The molecule has 0 unspecified atom stereocenters. The van der Waals surface area contributed by atoms with Gasteiger partial charge in [0, 0.05) is 30.0 Å². The summed E-state index contributed by atoms with van der Waals surface area (Å²) in [5, 5.41) is 23.3. The monoisotopic (exact) mass is 488 g/mol. The Kier molecular flexibility index (Phi) is 8.78. The average molecular weight is 489 g/mol. The number of ether oxygens (including phenoxy) is 1. The number of primary amides is 1. The van der Waals surface area contributed by atoms with E-state index in [1.54, 1.807) is 11.3 Å². The number of carbonyl (C=O) groups excluding carboxylic acids is 1. The van der Waals surface area contributed by atoms with Gasteiger partial charge in [-0.05, 0) is 69.1 Å². The van der Waals surface area contributed by atoms with Gasteiger partial charge in [-0.15, -0.1) is 11.3 Å². The first-order valence-corrected chi connectivity index (χ1v) is 11.9. The molecule has 4 N–H and O–H groups in total. The Hall–Kier alpha value is -2.79. The second-order valence-corrected chi connectivity index (χ2v) is 9.65. The van der Waals surface area contributed by atoms with Crippen LogP contribution in [0.5, 0.6) is 5.75 Å². The molecule has 2 heterocycles. The topological polar surface area (TPSA) is 135 Å². The number of hydrogen-bond donors (Lipinski definition) is 3. The highest BCUT2D eigenvalue weighted by atomic mass is 32.1. The van der Waals surface area contributed by atoms with E-state index in [1.807, 2.05) is 39.1 Å². The summed E-state index contributed by atoms with van der Waals surface area (Å²) in [6.07, 6.45) is -0.390. The molecule has 1 aromatic carbocycles. The van der Waals surface area contributed by atoms with Gasteiger partial charge in [0.2, 0.25) is 11.7 Å². The van der Waals surface area contributed by atoms with E-state index >= 15 is 0 Å². The Morgan fingerprint density at radius 3 is 2.59 bits per heavy atom. The van der Waals surface area contributed by atoms with Crippen LogP contribution in [-0.4, -0.2) is 64.1 Å². The molecule has 9 nitrogen and oxygen atoms in total. The van der Waals surface area contributed by atoms with E-state index in [-0.39, 0.29) is 26.1 Å². The SMILES string of the molecule is Cc1cc(-c2nc(-c3cc(C)c(OC[C@@H](O)CCC(N)=O)c(C)c3)no2)sc1CN(C)CCO. The van der Waals surface area contributed by atoms with Crippen molar-refractivity contribution in [2.45, 2.75) is 46.3 Å². The Balaban J connectivity index is 1.72. The quantitative estimate of drug-likeness (QED) is 0.354. The highest BCUT2D eigenvalue weighted by molar-refractivity contribution is 7.15. The fourth-order valence-corrected chi connectivity index (χ4v) is 4.77. The lowest BCUT2D eigenvalue weighted by molar-refractivity contribution is -0.118. The second kappa shape index (κ2) is 11.6. The van der Waals surface area contributed by atoms with Crippen LogP contribution < -0.4 is 10.5 Å². The van der Waals surface area contributed by atoms with Crippen LogP contribution in [0.15, 0.2) is 22.7 Å². The van der Waals surface area contributed by atoms with E-state index in [0.29, 0.717) is 24.0 Å². The maximum atomic E-state index is 10.9. The van der Waals surface area contributed by atoms with Crippen LogP contribution in [0.4, 0.5) is 0 Å². The summed E-state index contributed by atoms with van der Waals surface area (Å²) in [7, 11) is 1.97. The van der Waals surface area contributed by atoms with Gasteiger partial charge in [0.05, 0.1) is 17.6 Å². The van der Waals surface area contributed by atoms with Gasteiger partial charge < -0.3 is 25.2 Å². The molecule has 3 aromatic rings. The van der Waals surface area contributed by atoms with Crippen LogP contribution in [0, 0.1) is 20.8 Å². The van der Waals surface area contributed by atoms with Crippen molar-refractivity contribution in [1.82, 2.24) is 15.0 Å². The number of thiophene rings is 1. The first-order chi connectivity index (χ1) is 16.2. The maximum Gasteiger partial charge on any atom is 0.268 e. The van der Waals surface area contributed by atoms with Crippen LogP contribution in [0.3, 0.4) is 0 Å². The first-order valence-electron chi connectivity index (χ1n) is 11.1. The summed E-state index contributed by atoms with van der Waals surface area (Å²) in [5.41, 5.74) is 8.84. The molecular formula is C24H32N4O5S. The number of rotatable bonds is 12. The molecule has 0 saturated heterocycles. The van der Waals surface area contributed by atoms with Crippen LogP contribution in [-0.2, 0) is 11.3 Å².